The van der Waals surface area contributed by atoms with Gasteiger partial charge in [-0.15, -0.1) is 0 Å². The Hall–Kier alpha value is -2.57. The minimum atomic E-state index is 0.167. The molecule has 3 rings (SSSR count). The molecule has 2 aromatic rings. The molecule has 0 spiro atoms. The number of hydrogen-bond donors (Lipinski definition) is 2. The monoisotopic (exact) mass is 395 g/mol. The first-order valence-corrected chi connectivity index (χ1v) is 10.4. The highest BCUT2D eigenvalue weighted by molar-refractivity contribution is 5.92. The fourth-order valence-corrected chi connectivity index (χ4v) is 3.40. The van der Waals surface area contributed by atoms with Gasteiger partial charge < -0.3 is 15.8 Å². The Morgan fingerprint density at radius 1 is 1.00 bits per heavy atom. The van der Waals surface area contributed by atoms with Crippen molar-refractivity contribution in [2.45, 2.75) is 26.5 Å². The molecular weight excluding hydrogens is 362 g/mol. The summed E-state index contributed by atoms with van der Waals surface area (Å²) in [5.41, 5.74) is 8.33. The largest absolute Gasteiger partial charge is 0.491 e. The van der Waals surface area contributed by atoms with Gasteiger partial charge in [0, 0.05) is 45.0 Å². The van der Waals surface area contributed by atoms with Gasteiger partial charge in [0.15, 0.2) is 5.96 Å². The second-order valence-electron chi connectivity index (χ2n) is 7.69. The summed E-state index contributed by atoms with van der Waals surface area (Å²) in [6.45, 7) is 11.0. The van der Waals surface area contributed by atoms with Crippen molar-refractivity contribution in [2.24, 2.45) is 10.7 Å². The maximum atomic E-state index is 6.03. The molecule has 1 aliphatic rings. The van der Waals surface area contributed by atoms with Crippen LogP contribution in [0.4, 0.5) is 5.69 Å². The number of nitrogens with zero attached hydrogens (tertiary/aromatic N) is 3. The molecule has 0 aromatic heterocycles. The molecule has 29 heavy (non-hydrogen) atoms. The highest BCUT2D eigenvalue weighted by Gasteiger charge is 2.16. The van der Waals surface area contributed by atoms with E-state index in [1.54, 1.807) is 0 Å². The molecule has 0 amide bonds. The van der Waals surface area contributed by atoms with Crippen LogP contribution in [-0.2, 0) is 6.54 Å². The van der Waals surface area contributed by atoms with Gasteiger partial charge in [-0.3, -0.25) is 14.8 Å². The Morgan fingerprint density at radius 3 is 2.31 bits per heavy atom. The van der Waals surface area contributed by atoms with Crippen LogP contribution >= 0.6 is 0 Å². The first kappa shape index (κ1) is 21.1. The molecule has 1 aliphatic heterocycles. The number of nitrogens with one attached hydrogen (secondary N) is 1. The third kappa shape index (κ3) is 7.40. The first-order valence-electron chi connectivity index (χ1n) is 10.4. The van der Waals surface area contributed by atoms with Crippen LogP contribution in [0.2, 0.25) is 0 Å². The molecule has 6 nitrogen and oxygen atoms in total. The highest BCUT2D eigenvalue weighted by Crippen LogP contribution is 2.16. The number of anilines is 1. The summed E-state index contributed by atoms with van der Waals surface area (Å²) in [6.07, 6.45) is 0.167. The van der Waals surface area contributed by atoms with Crippen molar-refractivity contribution in [3.63, 3.8) is 0 Å². The van der Waals surface area contributed by atoms with Crippen LogP contribution in [0, 0.1) is 0 Å². The predicted octanol–water partition coefficient (Wildman–Crippen LogP) is 3.02. The fourth-order valence-electron chi connectivity index (χ4n) is 3.40. The van der Waals surface area contributed by atoms with Gasteiger partial charge in [-0.05, 0) is 43.7 Å². The molecule has 3 N–H and O–H groups in total. The smallest absolute Gasteiger partial charge is 0.193 e. The summed E-state index contributed by atoms with van der Waals surface area (Å²) in [6, 6.07) is 18.4. The summed E-state index contributed by atoms with van der Waals surface area (Å²) in [5.74, 6) is 1.30. The zero-order valence-electron chi connectivity index (χ0n) is 17.6. The van der Waals surface area contributed by atoms with E-state index >= 15 is 0 Å². The van der Waals surface area contributed by atoms with Crippen LogP contribution in [0.1, 0.15) is 19.4 Å². The van der Waals surface area contributed by atoms with Crippen molar-refractivity contribution in [1.29, 1.82) is 0 Å². The van der Waals surface area contributed by atoms with E-state index in [2.05, 4.69) is 50.4 Å². The Morgan fingerprint density at radius 2 is 1.66 bits per heavy atom. The van der Waals surface area contributed by atoms with Crippen molar-refractivity contribution in [2.75, 3.05) is 44.6 Å². The molecule has 0 atom stereocenters. The minimum Gasteiger partial charge on any atom is -0.491 e. The average molecular weight is 396 g/mol. The quantitative estimate of drug-likeness (QED) is 0.531. The van der Waals surface area contributed by atoms with Crippen LogP contribution in [-0.4, -0.2) is 61.1 Å². The van der Waals surface area contributed by atoms with E-state index in [1.165, 1.54) is 5.56 Å². The normalized spacial score (nSPS) is 16.2. The van der Waals surface area contributed by atoms with E-state index in [-0.39, 0.29) is 6.10 Å². The van der Waals surface area contributed by atoms with Gasteiger partial charge in [0.1, 0.15) is 5.75 Å². The molecule has 1 saturated heterocycles. The van der Waals surface area contributed by atoms with Crippen LogP contribution in [0.15, 0.2) is 59.6 Å². The Bertz CT molecular complexity index is 753. The average Bonchev–Trinajstić information content (AvgIpc) is 2.71. The number of rotatable bonds is 8. The van der Waals surface area contributed by atoms with E-state index in [4.69, 9.17) is 10.5 Å². The van der Waals surface area contributed by atoms with Crippen LogP contribution in [0.5, 0.6) is 5.75 Å². The maximum Gasteiger partial charge on any atom is 0.193 e. The lowest BCUT2D eigenvalue weighted by atomic mass is 10.2. The zero-order chi connectivity index (χ0) is 20.5. The molecule has 2 aromatic carbocycles. The zero-order valence-corrected chi connectivity index (χ0v) is 17.6. The van der Waals surface area contributed by atoms with Crippen molar-refractivity contribution in [3.05, 3.63) is 60.2 Å². The molecule has 0 unspecified atom stereocenters. The molecule has 0 saturated carbocycles. The number of nitrogens with two attached hydrogens (primary N) is 1. The van der Waals surface area contributed by atoms with Gasteiger partial charge in [-0.1, -0.05) is 30.3 Å². The SMILES string of the molecule is CC(C)Oc1ccc(NC(N)=NCCN2CCN(Cc3ccccc3)CC2)cc1. The minimum absolute atomic E-state index is 0.167. The standard InChI is InChI=1S/C23H33N5O/c1-19(2)29-22-10-8-21(9-11-22)26-23(24)25-12-13-27-14-16-28(17-15-27)18-20-6-4-3-5-7-20/h3-11,19H,12-18H2,1-2H3,(H3,24,25,26). The van der Waals surface area contributed by atoms with E-state index in [1.807, 2.05) is 38.1 Å². The molecular formula is C23H33N5O. The number of aliphatic imine (C=N–C) groups is 1. The molecule has 0 radical (unpaired) electrons. The number of piperazine rings is 1. The van der Waals surface area contributed by atoms with Crippen molar-refractivity contribution < 1.29 is 4.74 Å². The van der Waals surface area contributed by atoms with Gasteiger partial charge in [-0.25, -0.2) is 0 Å². The molecule has 6 heteroatoms. The topological polar surface area (TPSA) is 66.1 Å². The molecule has 1 fully saturated rings. The van der Waals surface area contributed by atoms with Crippen molar-refractivity contribution >= 4 is 11.6 Å². The Labute approximate surface area is 174 Å². The first-order chi connectivity index (χ1) is 14.1. The number of benzene rings is 2. The van der Waals surface area contributed by atoms with Gasteiger partial charge >= 0.3 is 0 Å². The summed E-state index contributed by atoms with van der Waals surface area (Å²) in [4.78, 5) is 9.43. The fraction of sp³-hybridized carbons (Fsp3) is 0.435. The summed E-state index contributed by atoms with van der Waals surface area (Å²) in [7, 11) is 0. The van der Waals surface area contributed by atoms with Gasteiger partial charge in [0.05, 0.1) is 12.6 Å². The second kappa shape index (κ2) is 10.8. The third-order valence-corrected chi connectivity index (χ3v) is 4.91. The third-order valence-electron chi connectivity index (χ3n) is 4.91. The van der Waals surface area contributed by atoms with E-state index in [0.29, 0.717) is 12.5 Å². The van der Waals surface area contributed by atoms with Crippen molar-refractivity contribution in [1.82, 2.24) is 9.80 Å². The van der Waals surface area contributed by atoms with E-state index < -0.39 is 0 Å². The second-order valence-corrected chi connectivity index (χ2v) is 7.69. The molecule has 0 bridgehead atoms. The lowest BCUT2D eigenvalue weighted by molar-refractivity contribution is 0.130. The highest BCUT2D eigenvalue weighted by atomic mass is 16.5. The lowest BCUT2D eigenvalue weighted by Gasteiger charge is -2.34. The van der Waals surface area contributed by atoms with Crippen LogP contribution in [0.25, 0.3) is 0 Å². The maximum absolute atomic E-state index is 6.03. The summed E-state index contributed by atoms with van der Waals surface area (Å²) < 4.78 is 5.65. The molecule has 0 aliphatic carbocycles. The predicted molar refractivity (Wildman–Crippen MR) is 120 cm³/mol. The molecule has 156 valence electrons. The Balaban J connectivity index is 1.35. The number of hydrogen-bond acceptors (Lipinski definition) is 4. The van der Waals surface area contributed by atoms with Gasteiger partial charge in [0.25, 0.3) is 0 Å². The van der Waals surface area contributed by atoms with Crippen molar-refractivity contribution in [3.8, 4) is 5.75 Å². The number of ether oxygens (including phenoxy) is 1. The Kier molecular flexibility index (Phi) is 7.90. The lowest BCUT2D eigenvalue weighted by Crippen LogP contribution is -2.46. The van der Waals surface area contributed by atoms with E-state index in [0.717, 1.165) is 50.7 Å². The summed E-state index contributed by atoms with van der Waals surface area (Å²) in [5, 5.41) is 3.14. The van der Waals surface area contributed by atoms with Crippen LogP contribution < -0.4 is 15.8 Å². The van der Waals surface area contributed by atoms with Gasteiger partial charge in [0.2, 0.25) is 0 Å². The number of guanidine groups is 1. The van der Waals surface area contributed by atoms with Gasteiger partial charge in [-0.2, -0.15) is 0 Å². The van der Waals surface area contributed by atoms with Crippen LogP contribution in [0.3, 0.4) is 0 Å². The van der Waals surface area contributed by atoms with E-state index in [9.17, 15) is 0 Å². The molecule has 1 heterocycles. The summed E-state index contributed by atoms with van der Waals surface area (Å²) >= 11 is 0.